The molecule has 0 heterocycles. The minimum Gasteiger partial charge on any atom is -0.407 e. The van der Waals surface area contributed by atoms with Gasteiger partial charge in [-0.2, -0.15) is 0 Å². The van der Waals surface area contributed by atoms with Crippen molar-refractivity contribution in [2.45, 2.75) is 284 Å². The van der Waals surface area contributed by atoms with Crippen molar-refractivity contribution < 1.29 is 49.4 Å². The molecule has 9 fully saturated rings. The third kappa shape index (κ3) is 15.0. The number of ketones is 1. The lowest BCUT2D eigenvalue weighted by atomic mass is 9.50. The van der Waals surface area contributed by atoms with Gasteiger partial charge in [0.1, 0.15) is 5.78 Å². The van der Waals surface area contributed by atoms with Crippen LogP contribution in [0.4, 0.5) is 0 Å². The Morgan fingerprint density at radius 1 is 0.388 bits per heavy atom. The Labute approximate surface area is 624 Å². The number of fused-ring (bicyclic) bond motifs is 3. The normalized spacial score (nSPS) is 38.5. The number of aliphatic hydroxyl groups excluding tert-OH is 7. The summed E-state index contributed by atoms with van der Waals surface area (Å²) < 4.78 is 14.7. The fraction of sp³-hybridized carbons (Fsp3) is 0.681. The molecule has 4 aromatic rings. The number of rotatable bonds is 17. The van der Waals surface area contributed by atoms with Crippen LogP contribution in [0.2, 0.25) is 10.1 Å². The molecule has 0 saturated heterocycles. The topological polar surface area (TPSA) is 177 Å². The minimum atomic E-state index is -2.65. The number of carbonyl (C=O) groups is 1. The Hall–Kier alpha value is -3.90. The van der Waals surface area contributed by atoms with Crippen LogP contribution in [0.5, 0.6) is 0 Å². The summed E-state index contributed by atoms with van der Waals surface area (Å²) in [6, 6.07) is 43.5. The molecule has 12 heteroatoms. The van der Waals surface area contributed by atoms with Crippen molar-refractivity contribution in [3.63, 3.8) is 0 Å². The van der Waals surface area contributed by atoms with Gasteiger partial charge in [0.25, 0.3) is 16.6 Å². The molecular weight excluding hydrogens is 1310 g/mol. The number of carbonyl (C=O) groups excluding carboxylic acids is 1. The SMILES string of the molecule is C=C1CCC2[C@H](CCO)C([C@@]3(C)CC[C@H](O)C[C@@H]3O)CC[C@]12C.C=C1CCC2[C@H](CCO[Si](c3ccccc3)(c3ccccc3)C(C)(C)C)C([C@@]3(C)CC[C@H](O)C[C@@H]3O)CC[C@]12C.CC(C)(C)[Si](OCC[C@H]1C2CCC(=O)[C@@]2(C)CCC1[C@@]1(C)CC[C@H](O)C[C@@H]1O)(c1ccccc1)c1ccccc1. The molecular formula is C91H136O10Si2. The van der Waals surface area contributed by atoms with Crippen LogP contribution in [0.1, 0.15) is 237 Å². The zero-order valence-corrected chi connectivity index (χ0v) is 67.6. The molecule has 0 amide bonds. The lowest BCUT2D eigenvalue weighted by Crippen LogP contribution is -2.66. The third-order valence-corrected chi connectivity index (χ3v) is 41.2. The molecule has 7 N–H and O–H groups in total. The molecule has 9 aliphatic rings. The molecule has 9 aliphatic carbocycles. The Kier molecular flexibility index (Phi) is 24.6. The highest BCUT2D eigenvalue weighted by Gasteiger charge is 2.62. The highest BCUT2D eigenvalue weighted by atomic mass is 28.4. The maximum atomic E-state index is 13.2. The average Bonchev–Trinajstić information content (AvgIpc) is 1.67. The summed E-state index contributed by atoms with van der Waals surface area (Å²) in [6.07, 6.45) is 19.3. The summed E-state index contributed by atoms with van der Waals surface area (Å²) in [7, 11) is -5.25. The van der Waals surface area contributed by atoms with Gasteiger partial charge in [-0.25, -0.2) is 0 Å². The zero-order valence-electron chi connectivity index (χ0n) is 65.6. The van der Waals surface area contributed by atoms with E-state index < -0.39 is 41.1 Å². The van der Waals surface area contributed by atoms with Crippen molar-refractivity contribution in [2.75, 3.05) is 19.8 Å². The van der Waals surface area contributed by atoms with Crippen LogP contribution in [-0.4, -0.2) is 115 Å². The Balaban J connectivity index is 0.000000161. The minimum absolute atomic E-state index is 0.0421. The van der Waals surface area contributed by atoms with E-state index in [-0.39, 0.29) is 61.4 Å². The summed E-state index contributed by atoms with van der Waals surface area (Å²) in [6.45, 7) is 38.3. The van der Waals surface area contributed by atoms with Gasteiger partial charge < -0.3 is 44.6 Å². The molecule has 103 heavy (non-hydrogen) atoms. The molecule has 0 bridgehead atoms. The van der Waals surface area contributed by atoms with Crippen molar-refractivity contribution in [3.8, 4) is 0 Å². The smallest absolute Gasteiger partial charge is 0.261 e. The molecule has 0 radical (unpaired) electrons. The number of Topliss-reactive ketones (excluding diaryl/α,β-unsaturated/α-hetero) is 1. The molecule has 0 aromatic heterocycles. The summed E-state index contributed by atoms with van der Waals surface area (Å²) in [5.74, 6) is 4.40. The van der Waals surface area contributed by atoms with Gasteiger partial charge in [-0.15, -0.1) is 0 Å². The van der Waals surface area contributed by atoms with Crippen LogP contribution in [0.3, 0.4) is 0 Å². The van der Waals surface area contributed by atoms with E-state index in [9.17, 15) is 40.5 Å². The molecule has 13 rings (SSSR count). The van der Waals surface area contributed by atoms with Gasteiger partial charge in [-0.05, 0) is 259 Å². The molecule has 21 atom stereocenters. The monoisotopic (exact) mass is 1440 g/mol. The second-order valence-electron chi connectivity index (χ2n) is 38.2. The van der Waals surface area contributed by atoms with Gasteiger partial charge in [-0.1, -0.05) is 229 Å². The van der Waals surface area contributed by atoms with E-state index >= 15 is 0 Å². The first-order chi connectivity index (χ1) is 48.7. The van der Waals surface area contributed by atoms with Crippen molar-refractivity contribution >= 4 is 43.2 Å². The van der Waals surface area contributed by atoms with Crippen LogP contribution >= 0.6 is 0 Å². The predicted molar refractivity (Wildman–Crippen MR) is 424 cm³/mol. The first-order valence-electron chi connectivity index (χ1n) is 40.8. The van der Waals surface area contributed by atoms with Crippen molar-refractivity contribution in [1.82, 2.24) is 0 Å². The zero-order chi connectivity index (χ0) is 74.3. The number of hydrogen-bond donors (Lipinski definition) is 7. The van der Waals surface area contributed by atoms with E-state index in [1.807, 2.05) is 0 Å². The molecule has 0 spiro atoms. The molecule has 10 nitrogen and oxygen atoms in total. The van der Waals surface area contributed by atoms with Crippen LogP contribution in [0.25, 0.3) is 0 Å². The summed E-state index contributed by atoms with van der Waals surface area (Å²) in [4.78, 5) is 13.2. The highest BCUT2D eigenvalue weighted by molar-refractivity contribution is 7.00. The Morgan fingerprint density at radius 2 is 0.670 bits per heavy atom. The lowest BCUT2D eigenvalue weighted by molar-refractivity contribution is -0.141. The largest absolute Gasteiger partial charge is 0.407 e. The van der Waals surface area contributed by atoms with Crippen LogP contribution < -0.4 is 20.7 Å². The van der Waals surface area contributed by atoms with E-state index in [0.717, 1.165) is 122 Å². The van der Waals surface area contributed by atoms with Crippen LogP contribution in [0.15, 0.2) is 146 Å². The fourth-order valence-corrected chi connectivity index (χ4v) is 33.8. The first-order valence-corrected chi connectivity index (χ1v) is 44.6. The van der Waals surface area contributed by atoms with E-state index in [1.54, 1.807) is 0 Å². The van der Waals surface area contributed by atoms with Crippen LogP contribution in [0, 0.1) is 85.8 Å². The highest BCUT2D eigenvalue weighted by Crippen LogP contribution is 2.66. The van der Waals surface area contributed by atoms with E-state index in [0.29, 0.717) is 91.3 Å². The maximum absolute atomic E-state index is 13.2. The quantitative estimate of drug-likeness (QED) is 0.0398. The average molecular weight is 1450 g/mol. The lowest BCUT2D eigenvalue weighted by Gasteiger charge is -2.56. The standard InChI is InChI=1S/C36H52O3Si.C35H50O4Si.C20H34O3/c1-26-17-18-31-30(32(20-23-35(26,31)5)36(6)22-19-27(37)25-33(36)38)21-24-39-40(34(2,3)4,28-13-9-7-10-14-28)29-15-11-8-12-16-29;1-33(2,3)40(26-12-8-6-9-13-26,27-14-10-7-11-15-27)39-23-20-28-29-16-17-31(37)34(29,4)22-19-30(28)35(5)21-18-25(36)24-32(35)38;1-13-4-5-16-15(8-11-21)17(7-10-19(13,16)2)20(3)9-6-14(22)12-18(20)23/h7-16,27,30-33,37-38H,1,17-25H2,2-6H3;6-15,25,28-30,32,36,38H,16-24H2,1-5H3;14-18,21-23H,1,4-12H2,2-3H3/t27-,30-,31?,32?,33-,35+,36+;25-,28-,29?,30?,32-,34-,35+;14-,15-,16?,17?,18-,19+,20+/m000/s1. The van der Waals surface area contributed by atoms with E-state index in [1.165, 1.54) is 44.7 Å². The van der Waals surface area contributed by atoms with E-state index in [2.05, 4.69) is 218 Å². The summed E-state index contributed by atoms with van der Waals surface area (Å²) in [5, 5.41) is 78.8. The number of allylic oxidation sites excluding steroid dienone is 2. The van der Waals surface area contributed by atoms with Gasteiger partial charge in [0, 0.05) is 31.7 Å². The van der Waals surface area contributed by atoms with Crippen molar-refractivity contribution in [1.29, 1.82) is 0 Å². The molecule has 9 saturated carbocycles. The van der Waals surface area contributed by atoms with Gasteiger partial charge in [0.2, 0.25) is 0 Å². The van der Waals surface area contributed by atoms with Gasteiger partial charge in [0.05, 0.1) is 36.6 Å². The maximum Gasteiger partial charge on any atom is 0.261 e. The van der Waals surface area contributed by atoms with Crippen molar-refractivity contribution in [2.24, 2.45) is 85.8 Å². The predicted octanol–water partition coefficient (Wildman–Crippen LogP) is 16.0. The van der Waals surface area contributed by atoms with Gasteiger partial charge in [0.15, 0.2) is 0 Å². The Bertz CT molecular complexity index is 3200. The third-order valence-electron chi connectivity index (χ3n) is 31.1. The molecule has 6 unspecified atom stereocenters. The molecule has 4 aromatic carbocycles. The second kappa shape index (κ2) is 31.6. The molecule has 568 valence electrons. The van der Waals surface area contributed by atoms with Crippen molar-refractivity contribution in [3.05, 3.63) is 146 Å². The van der Waals surface area contributed by atoms with E-state index in [4.69, 9.17) is 8.85 Å². The summed E-state index contributed by atoms with van der Waals surface area (Å²) >= 11 is 0. The molecule has 0 aliphatic heterocycles. The Morgan fingerprint density at radius 3 is 0.961 bits per heavy atom. The van der Waals surface area contributed by atoms with Gasteiger partial charge >= 0.3 is 0 Å². The fourth-order valence-electron chi connectivity index (χ4n) is 24.6. The first kappa shape index (κ1) is 80.1. The summed E-state index contributed by atoms with van der Waals surface area (Å²) in [5.41, 5.74) is 2.46. The second-order valence-corrected chi connectivity index (χ2v) is 46.8. The van der Waals surface area contributed by atoms with Gasteiger partial charge in [-0.3, -0.25) is 4.79 Å². The number of hydrogen-bond acceptors (Lipinski definition) is 10. The number of benzene rings is 4. The number of aliphatic hydroxyl groups is 7. The van der Waals surface area contributed by atoms with Crippen LogP contribution in [-0.2, 0) is 13.6 Å².